The fraction of sp³-hybridized carbons (Fsp3) is 0.200. The van der Waals surface area contributed by atoms with Crippen LogP contribution in [0.25, 0.3) is 0 Å². The molecule has 0 saturated carbocycles. The predicted molar refractivity (Wildman–Crippen MR) is 50.9 cm³/mol. The average molecular weight is 191 g/mol. The second-order valence-corrected chi connectivity index (χ2v) is 3.53. The van der Waals surface area contributed by atoms with E-state index in [1.165, 1.54) is 0 Å². The van der Waals surface area contributed by atoms with Crippen LogP contribution >= 0.6 is 0 Å². The molecule has 1 aliphatic rings. The van der Waals surface area contributed by atoms with E-state index in [1.54, 1.807) is 31.3 Å². The molecule has 4 nitrogen and oxygen atoms in total. The minimum atomic E-state index is -0.369. The number of nitrogens with zero attached hydrogens (tertiary/aromatic N) is 1. The third-order valence-corrected chi connectivity index (χ3v) is 2.64. The van der Waals surface area contributed by atoms with Crippen LogP contribution in [0.5, 0.6) is 0 Å². The number of aliphatic hydroxyl groups is 1. The second-order valence-electron chi connectivity index (χ2n) is 3.53. The fourth-order valence-corrected chi connectivity index (χ4v) is 1.64. The maximum Gasteiger partial charge on any atom is 0.354 e. The van der Waals surface area contributed by atoms with E-state index in [0.29, 0.717) is 11.1 Å². The molecule has 0 aliphatic carbocycles. The lowest BCUT2D eigenvalue weighted by Gasteiger charge is -2.21. The molecule has 2 N–H and O–H groups in total. The minimum Gasteiger partial charge on any atom is -0.346 e. The molecular formula is C10H11N2O2+. The number of quaternary nitrogens is 1. The number of carbonyl (C=O) groups excluding carboxylic acids is 1. The number of aliphatic hydroxyl groups excluding tert-OH is 1. The van der Waals surface area contributed by atoms with E-state index in [1.807, 2.05) is 0 Å². The van der Waals surface area contributed by atoms with Gasteiger partial charge in [-0.05, 0) is 12.1 Å². The van der Waals surface area contributed by atoms with Crippen LogP contribution in [0.2, 0.25) is 0 Å². The van der Waals surface area contributed by atoms with Crippen LogP contribution in [0, 0.1) is 5.41 Å². The quantitative estimate of drug-likeness (QED) is 0.637. The standard InChI is InChI=1S/C10H11N2O2/c1-12(6-13)9(11)7-4-2-3-5-8(7)10(12)14/h2-5,11,13H,6H2,1H3/q+1. The molecule has 14 heavy (non-hydrogen) atoms. The molecule has 4 heteroatoms. The number of amidine groups is 1. The lowest BCUT2D eigenvalue weighted by atomic mass is 10.1. The summed E-state index contributed by atoms with van der Waals surface area (Å²) in [5, 5.41) is 17.0. The summed E-state index contributed by atoms with van der Waals surface area (Å²) in [4.78, 5) is 11.8. The molecule has 0 fully saturated rings. The van der Waals surface area contributed by atoms with Crippen molar-refractivity contribution in [2.24, 2.45) is 0 Å². The summed E-state index contributed by atoms with van der Waals surface area (Å²) in [6, 6.07) is 6.96. The van der Waals surface area contributed by atoms with Crippen molar-refractivity contribution in [3.63, 3.8) is 0 Å². The highest BCUT2D eigenvalue weighted by atomic mass is 16.3. The van der Waals surface area contributed by atoms with Gasteiger partial charge in [-0.1, -0.05) is 12.1 Å². The molecule has 1 atom stereocenters. The van der Waals surface area contributed by atoms with Crippen LogP contribution in [-0.4, -0.2) is 35.1 Å². The zero-order valence-corrected chi connectivity index (χ0v) is 7.82. The Morgan fingerprint density at radius 3 is 2.43 bits per heavy atom. The van der Waals surface area contributed by atoms with Crippen molar-refractivity contribution < 1.29 is 14.4 Å². The highest BCUT2D eigenvalue weighted by Crippen LogP contribution is 2.27. The van der Waals surface area contributed by atoms with Gasteiger partial charge in [0.2, 0.25) is 5.84 Å². The van der Waals surface area contributed by atoms with Gasteiger partial charge in [0.15, 0.2) is 6.73 Å². The van der Waals surface area contributed by atoms with Gasteiger partial charge < -0.3 is 5.11 Å². The Bertz CT molecular complexity index is 391. The topological polar surface area (TPSA) is 61.1 Å². The van der Waals surface area contributed by atoms with Gasteiger partial charge in [-0.2, -0.15) is 4.48 Å². The lowest BCUT2D eigenvalue weighted by molar-refractivity contribution is -0.756. The summed E-state index contributed by atoms with van der Waals surface area (Å²) in [6.07, 6.45) is 0. The van der Waals surface area contributed by atoms with Crippen molar-refractivity contribution in [3.05, 3.63) is 35.4 Å². The normalized spacial score (nSPS) is 25.3. The Morgan fingerprint density at radius 1 is 1.36 bits per heavy atom. The zero-order chi connectivity index (χ0) is 10.3. The highest BCUT2D eigenvalue weighted by Gasteiger charge is 2.47. The summed E-state index contributed by atoms with van der Waals surface area (Å²) in [5.74, 6) is -0.0544. The molecule has 0 radical (unpaired) electrons. The van der Waals surface area contributed by atoms with Crippen LogP contribution in [0.3, 0.4) is 0 Å². The number of amides is 1. The van der Waals surface area contributed by atoms with E-state index in [-0.39, 0.29) is 23.0 Å². The summed E-state index contributed by atoms with van der Waals surface area (Å²) in [7, 11) is 1.55. The SMILES string of the molecule is C[N+]1(CO)C(=N)c2ccccc2C1=O. The molecule has 1 unspecified atom stereocenters. The smallest absolute Gasteiger partial charge is 0.346 e. The van der Waals surface area contributed by atoms with Crippen LogP contribution in [0.1, 0.15) is 15.9 Å². The first-order valence-electron chi connectivity index (χ1n) is 4.31. The molecule has 0 aromatic heterocycles. The Hall–Kier alpha value is -1.52. The number of nitrogens with one attached hydrogen (secondary N) is 1. The first-order valence-corrected chi connectivity index (χ1v) is 4.31. The molecule has 72 valence electrons. The fourth-order valence-electron chi connectivity index (χ4n) is 1.64. The summed E-state index contributed by atoms with van der Waals surface area (Å²) >= 11 is 0. The molecule has 1 aromatic carbocycles. The summed E-state index contributed by atoms with van der Waals surface area (Å²) in [6.45, 7) is -0.369. The maximum absolute atomic E-state index is 11.8. The number of benzene rings is 1. The van der Waals surface area contributed by atoms with E-state index < -0.39 is 0 Å². The van der Waals surface area contributed by atoms with Gasteiger partial charge in [0.25, 0.3) is 0 Å². The number of fused-ring (bicyclic) bond motifs is 1. The first kappa shape index (κ1) is 9.05. The highest BCUT2D eigenvalue weighted by molar-refractivity contribution is 6.14. The van der Waals surface area contributed by atoms with E-state index in [0.717, 1.165) is 0 Å². The van der Waals surface area contributed by atoms with Crippen LogP contribution in [-0.2, 0) is 0 Å². The van der Waals surface area contributed by atoms with E-state index in [9.17, 15) is 4.79 Å². The van der Waals surface area contributed by atoms with E-state index in [4.69, 9.17) is 10.5 Å². The third-order valence-electron chi connectivity index (χ3n) is 2.64. The van der Waals surface area contributed by atoms with Crippen molar-refractivity contribution in [2.45, 2.75) is 0 Å². The van der Waals surface area contributed by atoms with Gasteiger partial charge in [0.05, 0.1) is 18.2 Å². The summed E-state index contributed by atoms with van der Waals surface area (Å²) in [5.41, 5.74) is 1.14. The Kier molecular flexibility index (Phi) is 1.77. The van der Waals surface area contributed by atoms with Crippen LogP contribution in [0.4, 0.5) is 0 Å². The first-order chi connectivity index (χ1) is 6.61. The zero-order valence-electron chi connectivity index (χ0n) is 7.82. The van der Waals surface area contributed by atoms with Crippen molar-refractivity contribution in [1.29, 1.82) is 5.41 Å². The van der Waals surface area contributed by atoms with Crippen LogP contribution < -0.4 is 0 Å². The molecule has 2 rings (SSSR count). The number of rotatable bonds is 1. The van der Waals surface area contributed by atoms with Crippen molar-refractivity contribution in [3.8, 4) is 0 Å². The monoisotopic (exact) mass is 191 g/mol. The molecule has 1 amide bonds. The summed E-state index contributed by atoms with van der Waals surface area (Å²) < 4.78 is -0.348. The Balaban J connectivity index is 2.65. The van der Waals surface area contributed by atoms with Crippen LogP contribution in [0.15, 0.2) is 24.3 Å². The maximum atomic E-state index is 11.8. The third kappa shape index (κ3) is 0.893. The number of hydrogen-bond acceptors (Lipinski definition) is 3. The average Bonchev–Trinajstić information content (AvgIpc) is 2.43. The van der Waals surface area contributed by atoms with Crippen molar-refractivity contribution >= 4 is 11.7 Å². The molecule has 0 bridgehead atoms. The lowest BCUT2D eigenvalue weighted by Crippen LogP contribution is -2.49. The molecule has 1 heterocycles. The van der Waals surface area contributed by atoms with Gasteiger partial charge in [-0.25, -0.2) is 10.2 Å². The van der Waals surface area contributed by atoms with Crippen molar-refractivity contribution in [1.82, 2.24) is 0 Å². The Morgan fingerprint density at radius 2 is 1.93 bits per heavy atom. The van der Waals surface area contributed by atoms with Gasteiger partial charge in [-0.15, -0.1) is 0 Å². The van der Waals surface area contributed by atoms with E-state index in [2.05, 4.69) is 0 Å². The predicted octanol–water partition coefficient (Wildman–Crippen LogP) is 0.562. The van der Waals surface area contributed by atoms with Gasteiger partial charge in [0.1, 0.15) is 0 Å². The van der Waals surface area contributed by atoms with Gasteiger partial charge >= 0.3 is 5.91 Å². The largest absolute Gasteiger partial charge is 0.354 e. The van der Waals surface area contributed by atoms with Gasteiger partial charge in [-0.3, -0.25) is 0 Å². The molecule has 0 spiro atoms. The number of hydrogen-bond donors (Lipinski definition) is 2. The molecular weight excluding hydrogens is 180 g/mol. The number of carbonyl (C=O) groups is 1. The minimum absolute atomic E-state index is 0.160. The molecule has 1 aliphatic heterocycles. The molecule has 1 aromatic rings. The van der Waals surface area contributed by atoms with E-state index >= 15 is 0 Å². The van der Waals surface area contributed by atoms with Gasteiger partial charge in [0, 0.05) is 0 Å². The van der Waals surface area contributed by atoms with Crippen molar-refractivity contribution in [2.75, 3.05) is 13.8 Å². The molecule has 0 saturated heterocycles. The Labute approximate surface area is 81.5 Å². The second kappa shape index (κ2) is 2.73.